The Hall–Kier alpha value is -2.18. The summed E-state index contributed by atoms with van der Waals surface area (Å²) in [6, 6.07) is 8.08. The number of nitrogens with zero attached hydrogens (tertiary/aromatic N) is 4. The number of fused-ring (bicyclic) bond motifs is 1. The summed E-state index contributed by atoms with van der Waals surface area (Å²) in [7, 11) is 0. The molecule has 2 aromatic heterocycles. The van der Waals surface area contributed by atoms with Crippen molar-refractivity contribution in [3.8, 4) is 0 Å². The van der Waals surface area contributed by atoms with Gasteiger partial charge in [-0.2, -0.15) is 5.10 Å². The van der Waals surface area contributed by atoms with Crippen LogP contribution < -0.4 is 10.6 Å². The summed E-state index contributed by atoms with van der Waals surface area (Å²) in [5.74, 6) is 0.936. The van der Waals surface area contributed by atoms with Gasteiger partial charge in [0.2, 0.25) is 0 Å². The Labute approximate surface area is 145 Å². The van der Waals surface area contributed by atoms with Crippen molar-refractivity contribution in [2.24, 2.45) is 5.73 Å². The van der Waals surface area contributed by atoms with Crippen molar-refractivity contribution in [3.05, 3.63) is 47.4 Å². The average Bonchev–Trinajstić information content (AvgIpc) is 3.10. The number of hydrogen-bond donors (Lipinski definition) is 2. The number of hydrogen-bond acceptors (Lipinski definition) is 5. The largest absolute Gasteiger partial charge is 0.356 e. The standard InChI is InChI=1S/C17H19ClN6/c18-13-3-1-2-12(8-13)17(10-19)4-6-24(7-5-17)16-14-9-22-23-15(14)20-11-21-16/h1-3,8-9,11H,4-7,10,19H2,(H,20,21,22,23). The van der Waals surface area contributed by atoms with Gasteiger partial charge in [0.1, 0.15) is 12.1 Å². The van der Waals surface area contributed by atoms with Crippen LogP contribution in [0.2, 0.25) is 5.02 Å². The summed E-state index contributed by atoms with van der Waals surface area (Å²) < 4.78 is 0. The normalized spacial score (nSPS) is 17.3. The number of piperidine rings is 1. The molecule has 3 heterocycles. The SMILES string of the molecule is NCC1(c2cccc(Cl)c2)CCN(c2ncnc3[nH]ncc23)CC1. The van der Waals surface area contributed by atoms with Crippen LogP contribution in [0.15, 0.2) is 36.8 Å². The minimum absolute atomic E-state index is 0.0239. The molecular weight excluding hydrogens is 324 g/mol. The minimum atomic E-state index is -0.0239. The van der Waals surface area contributed by atoms with Crippen LogP contribution >= 0.6 is 11.6 Å². The highest BCUT2D eigenvalue weighted by atomic mass is 35.5. The molecular formula is C17H19ClN6. The van der Waals surface area contributed by atoms with Crippen LogP contribution in [0.5, 0.6) is 0 Å². The van der Waals surface area contributed by atoms with E-state index in [0.29, 0.717) is 6.54 Å². The van der Waals surface area contributed by atoms with E-state index < -0.39 is 0 Å². The lowest BCUT2D eigenvalue weighted by Crippen LogP contribution is -2.47. The fraction of sp³-hybridized carbons (Fsp3) is 0.353. The first kappa shape index (κ1) is 15.4. The maximum Gasteiger partial charge on any atom is 0.160 e. The van der Waals surface area contributed by atoms with E-state index in [1.807, 2.05) is 18.2 Å². The van der Waals surface area contributed by atoms with Crippen LogP contribution in [0.25, 0.3) is 11.0 Å². The maximum absolute atomic E-state index is 6.18. The molecule has 0 unspecified atom stereocenters. The molecule has 6 nitrogen and oxygen atoms in total. The lowest BCUT2D eigenvalue weighted by Gasteiger charge is -2.42. The first-order valence-corrected chi connectivity index (χ1v) is 8.45. The number of nitrogens with two attached hydrogens (primary N) is 1. The Morgan fingerprint density at radius 1 is 1.25 bits per heavy atom. The Bertz CT molecular complexity index is 853. The Morgan fingerprint density at radius 3 is 2.83 bits per heavy atom. The number of aromatic amines is 1. The molecule has 0 radical (unpaired) electrons. The average molecular weight is 343 g/mol. The molecule has 24 heavy (non-hydrogen) atoms. The van der Waals surface area contributed by atoms with E-state index in [0.717, 1.165) is 47.8 Å². The fourth-order valence-corrected chi connectivity index (χ4v) is 3.77. The van der Waals surface area contributed by atoms with E-state index in [1.165, 1.54) is 5.56 Å². The van der Waals surface area contributed by atoms with Crippen LogP contribution in [0.3, 0.4) is 0 Å². The lowest BCUT2D eigenvalue weighted by molar-refractivity contribution is 0.339. The van der Waals surface area contributed by atoms with E-state index in [2.05, 4.69) is 31.1 Å². The highest BCUT2D eigenvalue weighted by Gasteiger charge is 2.36. The smallest absolute Gasteiger partial charge is 0.160 e. The summed E-state index contributed by atoms with van der Waals surface area (Å²) >= 11 is 6.18. The lowest BCUT2D eigenvalue weighted by atomic mass is 9.73. The van der Waals surface area contributed by atoms with Crippen molar-refractivity contribution in [2.75, 3.05) is 24.5 Å². The molecule has 1 aliphatic heterocycles. The summed E-state index contributed by atoms with van der Waals surface area (Å²) in [4.78, 5) is 11.0. The maximum atomic E-state index is 6.18. The predicted octanol–water partition coefficient (Wildman–Crippen LogP) is 2.50. The predicted molar refractivity (Wildman–Crippen MR) is 95.3 cm³/mol. The molecule has 3 N–H and O–H groups in total. The monoisotopic (exact) mass is 342 g/mol. The fourth-order valence-electron chi connectivity index (χ4n) is 3.58. The van der Waals surface area contributed by atoms with E-state index >= 15 is 0 Å². The summed E-state index contributed by atoms with van der Waals surface area (Å²) in [5, 5.41) is 8.69. The van der Waals surface area contributed by atoms with Crippen LogP contribution in [0, 0.1) is 0 Å². The molecule has 1 aromatic carbocycles. The highest BCUT2D eigenvalue weighted by molar-refractivity contribution is 6.30. The number of rotatable bonds is 3. The third-order valence-electron chi connectivity index (χ3n) is 5.07. The Morgan fingerprint density at radius 2 is 2.08 bits per heavy atom. The van der Waals surface area contributed by atoms with Crippen LogP contribution in [0.4, 0.5) is 5.82 Å². The zero-order valence-corrected chi connectivity index (χ0v) is 14.0. The number of H-pyrrole nitrogens is 1. The van der Waals surface area contributed by atoms with Crippen molar-refractivity contribution in [2.45, 2.75) is 18.3 Å². The van der Waals surface area contributed by atoms with Crippen molar-refractivity contribution in [3.63, 3.8) is 0 Å². The van der Waals surface area contributed by atoms with Crippen molar-refractivity contribution < 1.29 is 0 Å². The van der Waals surface area contributed by atoms with Gasteiger partial charge in [-0.1, -0.05) is 23.7 Å². The van der Waals surface area contributed by atoms with E-state index in [9.17, 15) is 0 Å². The first-order chi connectivity index (χ1) is 11.7. The van der Waals surface area contributed by atoms with Crippen LogP contribution in [-0.2, 0) is 5.41 Å². The molecule has 0 amide bonds. The van der Waals surface area contributed by atoms with E-state index in [4.69, 9.17) is 17.3 Å². The van der Waals surface area contributed by atoms with Gasteiger partial charge < -0.3 is 10.6 Å². The topological polar surface area (TPSA) is 83.7 Å². The zero-order valence-electron chi connectivity index (χ0n) is 13.2. The van der Waals surface area contributed by atoms with Gasteiger partial charge in [-0.15, -0.1) is 0 Å². The van der Waals surface area contributed by atoms with Crippen molar-refractivity contribution in [1.29, 1.82) is 0 Å². The molecule has 1 saturated heterocycles. The molecule has 1 fully saturated rings. The zero-order chi connectivity index (χ0) is 16.6. The number of nitrogens with one attached hydrogen (secondary N) is 1. The third-order valence-corrected chi connectivity index (χ3v) is 5.31. The molecule has 0 aliphatic carbocycles. The Kier molecular flexibility index (Phi) is 3.86. The summed E-state index contributed by atoms with van der Waals surface area (Å²) in [6.45, 7) is 2.40. The van der Waals surface area contributed by atoms with Gasteiger partial charge in [0, 0.05) is 30.1 Å². The number of aromatic nitrogens is 4. The molecule has 1 aliphatic rings. The molecule has 4 rings (SSSR count). The molecule has 7 heteroatoms. The molecule has 124 valence electrons. The van der Waals surface area contributed by atoms with Crippen LogP contribution in [0.1, 0.15) is 18.4 Å². The molecule has 0 spiro atoms. The van der Waals surface area contributed by atoms with E-state index in [-0.39, 0.29) is 5.41 Å². The van der Waals surface area contributed by atoms with Crippen molar-refractivity contribution >= 4 is 28.5 Å². The van der Waals surface area contributed by atoms with Gasteiger partial charge in [0.15, 0.2) is 5.65 Å². The quantitative estimate of drug-likeness (QED) is 0.764. The van der Waals surface area contributed by atoms with Crippen molar-refractivity contribution in [1.82, 2.24) is 20.2 Å². The molecule has 0 atom stereocenters. The molecule has 3 aromatic rings. The minimum Gasteiger partial charge on any atom is -0.356 e. The number of anilines is 1. The van der Waals surface area contributed by atoms with E-state index in [1.54, 1.807) is 12.5 Å². The summed E-state index contributed by atoms with van der Waals surface area (Å²) in [5.41, 5.74) is 8.15. The summed E-state index contributed by atoms with van der Waals surface area (Å²) in [6.07, 6.45) is 5.30. The molecule has 0 saturated carbocycles. The highest BCUT2D eigenvalue weighted by Crippen LogP contribution is 2.37. The van der Waals surface area contributed by atoms with Gasteiger partial charge in [-0.25, -0.2) is 9.97 Å². The second kappa shape index (κ2) is 6.03. The van der Waals surface area contributed by atoms with Gasteiger partial charge in [-0.05, 0) is 30.5 Å². The van der Waals surface area contributed by atoms with Gasteiger partial charge in [0.25, 0.3) is 0 Å². The second-order valence-corrected chi connectivity index (χ2v) is 6.75. The number of halogens is 1. The van der Waals surface area contributed by atoms with Gasteiger partial charge in [-0.3, -0.25) is 5.10 Å². The van der Waals surface area contributed by atoms with Crippen LogP contribution in [-0.4, -0.2) is 39.8 Å². The number of benzene rings is 1. The second-order valence-electron chi connectivity index (χ2n) is 6.31. The third kappa shape index (κ3) is 2.52. The van der Waals surface area contributed by atoms with Gasteiger partial charge in [0.05, 0.1) is 11.6 Å². The first-order valence-electron chi connectivity index (χ1n) is 8.07. The molecule has 0 bridgehead atoms. The van der Waals surface area contributed by atoms with Gasteiger partial charge >= 0.3 is 0 Å². The Balaban J connectivity index is 1.61.